The van der Waals surface area contributed by atoms with Crippen LogP contribution in [0.4, 0.5) is 4.39 Å². The molecule has 3 heteroatoms. The molecule has 0 aliphatic rings. The van der Waals surface area contributed by atoms with Crippen LogP contribution in [0.3, 0.4) is 0 Å². The maximum atomic E-state index is 12.7. The lowest BCUT2D eigenvalue weighted by Crippen LogP contribution is -2.24. The number of hydrogen-bond acceptors (Lipinski definition) is 1. The number of hydrogen-bond donors (Lipinski definition) is 1. The number of halogens is 1. The Bertz CT molecular complexity index is 370. The van der Waals surface area contributed by atoms with Crippen LogP contribution in [-0.4, -0.2) is 12.5 Å². The highest BCUT2D eigenvalue weighted by atomic mass is 19.1. The molecule has 0 saturated heterocycles. The average Bonchev–Trinajstić information content (AvgIpc) is 2.29. The first kappa shape index (κ1) is 12.4. The first-order chi connectivity index (χ1) is 7.65. The fourth-order valence-electron chi connectivity index (χ4n) is 1.27. The molecule has 1 amide bonds. The van der Waals surface area contributed by atoms with Crippen molar-refractivity contribution in [1.29, 1.82) is 0 Å². The Hall–Kier alpha value is -1.64. The summed E-state index contributed by atoms with van der Waals surface area (Å²) >= 11 is 0. The fourth-order valence-corrected chi connectivity index (χ4v) is 1.27. The zero-order chi connectivity index (χ0) is 12.0. The van der Waals surface area contributed by atoms with E-state index in [1.54, 1.807) is 12.1 Å². The molecule has 0 unspecified atom stereocenters. The van der Waals surface area contributed by atoms with Crippen molar-refractivity contribution >= 4 is 11.5 Å². The molecule has 0 spiro atoms. The lowest BCUT2D eigenvalue weighted by Gasteiger charge is -2.07. The van der Waals surface area contributed by atoms with Crippen molar-refractivity contribution in [3.05, 3.63) is 42.2 Å². The molecule has 1 aromatic rings. The summed E-state index contributed by atoms with van der Waals surface area (Å²) in [7, 11) is 0. The lowest BCUT2D eigenvalue weighted by molar-refractivity contribution is -0.115. The molecule has 2 nitrogen and oxygen atoms in total. The van der Waals surface area contributed by atoms with E-state index in [1.165, 1.54) is 12.1 Å². The van der Waals surface area contributed by atoms with Crippen LogP contribution in [0.2, 0.25) is 0 Å². The normalized spacial score (nSPS) is 9.88. The van der Waals surface area contributed by atoms with Crippen LogP contribution in [0.1, 0.15) is 25.3 Å². The van der Waals surface area contributed by atoms with E-state index < -0.39 is 0 Å². The molecule has 1 N–H and O–H groups in total. The van der Waals surface area contributed by atoms with Gasteiger partial charge in [-0.25, -0.2) is 4.39 Å². The zero-order valence-electron chi connectivity index (χ0n) is 9.42. The minimum absolute atomic E-state index is 0.194. The smallest absolute Gasteiger partial charge is 0.251 e. The van der Waals surface area contributed by atoms with Crippen LogP contribution >= 0.6 is 0 Å². The molecule has 0 heterocycles. The van der Waals surface area contributed by atoms with Gasteiger partial charge in [-0.15, -0.1) is 0 Å². The minimum atomic E-state index is -0.317. The van der Waals surface area contributed by atoms with E-state index in [1.807, 2.05) is 0 Å². The summed E-state index contributed by atoms with van der Waals surface area (Å²) < 4.78 is 12.7. The van der Waals surface area contributed by atoms with Crippen molar-refractivity contribution in [3.63, 3.8) is 0 Å². The Balaban J connectivity index is 2.57. The third kappa shape index (κ3) is 3.50. The minimum Gasteiger partial charge on any atom is -0.352 e. The number of nitrogens with one attached hydrogen (secondary N) is 1. The van der Waals surface area contributed by atoms with Gasteiger partial charge >= 0.3 is 0 Å². The van der Waals surface area contributed by atoms with Gasteiger partial charge in [0.2, 0.25) is 0 Å². The third-order valence-electron chi connectivity index (χ3n) is 2.28. The van der Waals surface area contributed by atoms with E-state index in [4.69, 9.17) is 0 Å². The van der Waals surface area contributed by atoms with Gasteiger partial charge in [-0.1, -0.05) is 32.1 Å². The molecule has 0 aromatic heterocycles. The van der Waals surface area contributed by atoms with Gasteiger partial charge in [0, 0.05) is 12.1 Å². The van der Waals surface area contributed by atoms with Gasteiger partial charge in [0.15, 0.2) is 0 Å². The summed E-state index contributed by atoms with van der Waals surface area (Å²) in [6.45, 7) is 6.40. The van der Waals surface area contributed by atoms with Crippen LogP contribution in [0, 0.1) is 5.82 Å². The standard InChI is InChI=1S/C13H16FNO/c1-3-4-9-15-13(16)10(2)11-5-7-12(14)8-6-11/h5-8H,2-4,9H2,1H3,(H,15,16). The second-order valence-electron chi connectivity index (χ2n) is 3.59. The van der Waals surface area contributed by atoms with Crippen LogP contribution in [0.5, 0.6) is 0 Å². The Morgan fingerprint density at radius 3 is 2.56 bits per heavy atom. The molecule has 1 aromatic carbocycles. The summed E-state index contributed by atoms with van der Waals surface area (Å²) in [4.78, 5) is 11.6. The van der Waals surface area contributed by atoms with Gasteiger partial charge in [0.05, 0.1) is 0 Å². The molecule has 0 fully saturated rings. The Morgan fingerprint density at radius 2 is 2.00 bits per heavy atom. The van der Waals surface area contributed by atoms with Crippen molar-refractivity contribution in [2.24, 2.45) is 0 Å². The lowest BCUT2D eigenvalue weighted by atomic mass is 10.1. The highest BCUT2D eigenvalue weighted by Gasteiger charge is 2.08. The molecular weight excluding hydrogens is 205 g/mol. The van der Waals surface area contributed by atoms with Crippen molar-refractivity contribution in [3.8, 4) is 0 Å². The first-order valence-electron chi connectivity index (χ1n) is 5.38. The number of carbonyl (C=O) groups is 1. The van der Waals surface area contributed by atoms with Crippen molar-refractivity contribution in [2.45, 2.75) is 19.8 Å². The second-order valence-corrected chi connectivity index (χ2v) is 3.59. The predicted molar refractivity (Wildman–Crippen MR) is 63.4 cm³/mol. The maximum absolute atomic E-state index is 12.7. The van der Waals surface area contributed by atoms with Gasteiger partial charge in [0.25, 0.3) is 5.91 Å². The van der Waals surface area contributed by atoms with Crippen molar-refractivity contribution in [1.82, 2.24) is 5.32 Å². The fraction of sp³-hybridized carbons (Fsp3) is 0.308. The number of benzene rings is 1. The molecule has 0 radical (unpaired) electrons. The van der Waals surface area contributed by atoms with Crippen LogP contribution in [0.25, 0.3) is 5.57 Å². The molecule has 0 aliphatic heterocycles. The van der Waals surface area contributed by atoms with E-state index in [9.17, 15) is 9.18 Å². The predicted octanol–water partition coefficient (Wildman–Crippen LogP) is 2.76. The topological polar surface area (TPSA) is 29.1 Å². The zero-order valence-corrected chi connectivity index (χ0v) is 9.42. The summed E-state index contributed by atoms with van der Waals surface area (Å²) in [6.07, 6.45) is 1.98. The SMILES string of the molecule is C=C(C(=O)NCCCC)c1ccc(F)cc1. The van der Waals surface area contributed by atoms with E-state index in [0.717, 1.165) is 12.8 Å². The van der Waals surface area contributed by atoms with Gasteiger partial charge in [-0.2, -0.15) is 0 Å². The molecule has 1 rings (SSSR count). The average molecular weight is 221 g/mol. The largest absolute Gasteiger partial charge is 0.352 e. The Kier molecular flexibility index (Phi) is 4.70. The highest BCUT2D eigenvalue weighted by Crippen LogP contribution is 2.12. The van der Waals surface area contributed by atoms with E-state index in [2.05, 4.69) is 18.8 Å². The molecule has 86 valence electrons. The summed E-state index contributed by atoms with van der Waals surface area (Å²) in [5.41, 5.74) is 1.02. The van der Waals surface area contributed by atoms with Gasteiger partial charge in [-0.05, 0) is 24.1 Å². The van der Waals surface area contributed by atoms with Gasteiger partial charge in [-0.3, -0.25) is 4.79 Å². The van der Waals surface area contributed by atoms with E-state index in [-0.39, 0.29) is 11.7 Å². The van der Waals surface area contributed by atoms with Crippen LogP contribution in [-0.2, 0) is 4.79 Å². The molecular formula is C13H16FNO. The highest BCUT2D eigenvalue weighted by molar-refractivity contribution is 6.18. The van der Waals surface area contributed by atoms with Crippen molar-refractivity contribution in [2.75, 3.05) is 6.54 Å². The Morgan fingerprint density at radius 1 is 1.38 bits per heavy atom. The summed E-state index contributed by atoms with van der Waals surface area (Å²) in [5.74, 6) is -0.511. The molecule has 0 saturated carbocycles. The molecule has 16 heavy (non-hydrogen) atoms. The third-order valence-corrected chi connectivity index (χ3v) is 2.28. The first-order valence-corrected chi connectivity index (χ1v) is 5.38. The van der Waals surface area contributed by atoms with Crippen LogP contribution in [0.15, 0.2) is 30.8 Å². The summed E-state index contributed by atoms with van der Waals surface area (Å²) in [5, 5.41) is 2.76. The number of amides is 1. The van der Waals surface area contributed by atoms with Crippen LogP contribution < -0.4 is 5.32 Å². The monoisotopic (exact) mass is 221 g/mol. The second kappa shape index (κ2) is 6.05. The number of unbranched alkanes of at least 4 members (excludes halogenated alkanes) is 1. The maximum Gasteiger partial charge on any atom is 0.251 e. The molecule has 0 bridgehead atoms. The molecule has 0 atom stereocenters. The number of rotatable bonds is 5. The van der Waals surface area contributed by atoms with Gasteiger partial charge < -0.3 is 5.32 Å². The summed E-state index contributed by atoms with van der Waals surface area (Å²) in [6, 6.07) is 5.74. The molecule has 0 aliphatic carbocycles. The van der Waals surface area contributed by atoms with E-state index >= 15 is 0 Å². The van der Waals surface area contributed by atoms with E-state index in [0.29, 0.717) is 17.7 Å². The number of carbonyl (C=O) groups excluding carboxylic acids is 1. The van der Waals surface area contributed by atoms with Crippen molar-refractivity contribution < 1.29 is 9.18 Å². The Labute approximate surface area is 95.2 Å². The van der Waals surface area contributed by atoms with Gasteiger partial charge in [0.1, 0.15) is 5.82 Å². The quantitative estimate of drug-likeness (QED) is 0.601.